The van der Waals surface area contributed by atoms with Crippen molar-refractivity contribution in [1.29, 1.82) is 0 Å². The number of nitrogens with one attached hydrogen (secondary N) is 2. The molecule has 3 aliphatic rings. The van der Waals surface area contributed by atoms with E-state index in [-0.39, 0.29) is 37.4 Å². The number of carbonyl (C=O) groups excluding carboxylic acids is 3. The Morgan fingerprint density at radius 2 is 1.91 bits per heavy atom. The van der Waals surface area contributed by atoms with Gasteiger partial charge in [0.1, 0.15) is 0 Å². The van der Waals surface area contributed by atoms with Crippen LogP contribution in [0.5, 0.6) is 0 Å². The van der Waals surface area contributed by atoms with Crippen molar-refractivity contribution in [2.75, 3.05) is 45.8 Å². The van der Waals surface area contributed by atoms with Gasteiger partial charge in [0.05, 0.1) is 23.9 Å². The van der Waals surface area contributed by atoms with Crippen molar-refractivity contribution in [3.8, 4) is 0 Å². The summed E-state index contributed by atoms with van der Waals surface area (Å²) in [7, 11) is 0. The molecule has 1 aromatic carbocycles. The fourth-order valence-electron chi connectivity index (χ4n) is 4.89. The van der Waals surface area contributed by atoms with E-state index in [1.165, 1.54) is 19.3 Å². The molecule has 0 bridgehead atoms. The first-order valence-electron chi connectivity index (χ1n) is 11.9. The first-order chi connectivity index (χ1) is 16.4. The average Bonchev–Trinajstić information content (AvgIpc) is 3.14. The maximum Gasteiger partial charge on any atom is 0.322 e. The minimum atomic E-state index is -0.661. The maximum atomic E-state index is 13.4. The Hall–Kier alpha value is -2.29. The number of benzene rings is 1. The van der Waals surface area contributed by atoms with Gasteiger partial charge in [-0.15, -0.1) is 0 Å². The molecule has 34 heavy (non-hydrogen) atoms. The molecule has 2 N–H and O–H groups in total. The van der Waals surface area contributed by atoms with Gasteiger partial charge in [-0.3, -0.25) is 14.5 Å². The minimum absolute atomic E-state index is 0.0754. The molecule has 8 nitrogen and oxygen atoms in total. The number of amides is 4. The lowest BCUT2D eigenvalue weighted by Crippen LogP contribution is -2.47. The van der Waals surface area contributed by atoms with Crippen molar-refractivity contribution in [2.24, 2.45) is 0 Å². The minimum Gasteiger partial charge on any atom is -0.355 e. The summed E-state index contributed by atoms with van der Waals surface area (Å²) in [6.45, 7) is 6.52. The number of hydrogen-bond donors (Lipinski definition) is 2. The second-order valence-electron chi connectivity index (χ2n) is 8.88. The van der Waals surface area contributed by atoms with E-state index < -0.39 is 6.04 Å². The maximum absolute atomic E-state index is 13.4. The zero-order chi connectivity index (χ0) is 24.2. The van der Waals surface area contributed by atoms with Gasteiger partial charge < -0.3 is 20.4 Å². The van der Waals surface area contributed by atoms with E-state index in [1.54, 1.807) is 28.0 Å². The molecule has 1 aromatic rings. The Labute approximate surface area is 210 Å². The highest BCUT2D eigenvalue weighted by Gasteiger charge is 2.44. The lowest BCUT2D eigenvalue weighted by molar-refractivity contribution is -0.127. The van der Waals surface area contributed by atoms with Crippen molar-refractivity contribution in [1.82, 2.24) is 25.3 Å². The van der Waals surface area contributed by atoms with Gasteiger partial charge in [0.25, 0.3) is 5.91 Å². The third-order valence-corrected chi connectivity index (χ3v) is 7.26. The molecule has 0 unspecified atom stereocenters. The Balaban J connectivity index is 1.40. The van der Waals surface area contributed by atoms with Crippen LogP contribution in [0.1, 0.15) is 44.2 Å². The number of nitrogens with zero attached hydrogens (tertiary/aromatic N) is 3. The van der Waals surface area contributed by atoms with E-state index in [9.17, 15) is 14.4 Å². The van der Waals surface area contributed by atoms with Crippen molar-refractivity contribution in [2.45, 2.75) is 38.6 Å². The van der Waals surface area contributed by atoms with Crippen molar-refractivity contribution >= 4 is 41.0 Å². The predicted octanol–water partition coefficient (Wildman–Crippen LogP) is 3.17. The molecule has 3 heterocycles. The molecule has 3 aliphatic heterocycles. The molecule has 0 aromatic heterocycles. The van der Waals surface area contributed by atoms with E-state index in [2.05, 4.69) is 15.5 Å². The quantitative estimate of drug-likeness (QED) is 0.565. The lowest BCUT2D eigenvalue weighted by atomic mass is 9.95. The summed E-state index contributed by atoms with van der Waals surface area (Å²) in [4.78, 5) is 44.1. The number of likely N-dealkylation sites (tertiary alicyclic amines) is 1. The van der Waals surface area contributed by atoms with Crippen LogP contribution in [0.4, 0.5) is 4.79 Å². The van der Waals surface area contributed by atoms with Crippen molar-refractivity contribution in [3.05, 3.63) is 45.1 Å². The molecule has 1 saturated heterocycles. The van der Waals surface area contributed by atoms with Gasteiger partial charge in [-0.1, -0.05) is 35.7 Å². The largest absolute Gasteiger partial charge is 0.355 e. The Kier molecular flexibility index (Phi) is 8.01. The van der Waals surface area contributed by atoms with E-state index >= 15 is 0 Å². The predicted molar refractivity (Wildman–Crippen MR) is 132 cm³/mol. The average molecular weight is 508 g/mol. The van der Waals surface area contributed by atoms with Gasteiger partial charge in [-0.2, -0.15) is 0 Å². The molecule has 4 rings (SSSR count). The van der Waals surface area contributed by atoms with E-state index in [0.29, 0.717) is 40.0 Å². The van der Waals surface area contributed by atoms with Crippen LogP contribution in [0.3, 0.4) is 0 Å². The SMILES string of the molecule is CCN1C(=O)N[C@@H](c2ccc(Cl)cc2Cl)C2=C1CN(CCC(=O)NCCN1CCCCC1)C2=O. The summed E-state index contributed by atoms with van der Waals surface area (Å²) < 4.78 is 0. The number of hydrogen-bond acceptors (Lipinski definition) is 4. The highest BCUT2D eigenvalue weighted by atomic mass is 35.5. The summed E-state index contributed by atoms with van der Waals surface area (Å²) in [6.07, 6.45) is 3.94. The Morgan fingerprint density at radius 1 is 1.15 bits per heavy atom. The van der Waals surface area contributed by atoms with Crippen LogP contribution in [0.2, 0.25) is 10.0 Å². The molecule has 0 spiro atoms. The molecule has 1 atom stereocenters. The van der Waals surface area contributed by atoms with Crippen molar-refractivity contribution < 1.29 is 14.4 Å². The van der Waals surface area contributed by atoms with Crippen LogP contribution < -0.4 is 10.6 Å². The topological polar surface area (TPSA) is 85.0 Å². The van der Waals surface area contributed by atoms with Gasteiger partial charge in [0.15, 0.2) is 0 Å². The zero-order valence-electron chi connectivity index (χ0n) is 19.4. The number of rotatable bonds is 8. The summed E-state index contributed by atoms with van der Waals surface area (Å²) >= 11 is 12.4. The van der Waals surface area contributed by atoms with Gasteiger partial charge in [-0.25, -0.2) is 4.79 Å². The smallest absolute Gasteiger partial charge is 0.322 e. The number of urea groups is 1. The van der Waals surface area contributed by atoms with Gasteiger partial charge in [0, 0.05) is 42.6 Å². The van der Waals surface area contributed by atoms with Crippen LogP contribution in [0, 0.1) is 0 Å². The van der Waals surface area contributed by atoms with Crippen LogP contribution >= 0.6 is 23.2 Å². The van der Waals surface area contributed by atoms with E-state index in [1.807, 2.05) is 6.92 Å². The van der Waals surface area contributed by atoms with Crippen LogP contribution in [0.25, 0.3) is 0 Å². The van der Waals surface area contributed by atoms with Gasteiger partial charge in [-0.05, 0) is 50.6 Å². The third kappa shape index (κ3) is 5.34. The Bertz CT molecular complexity index is 993. The molecular weight excluding hydrogens is 477 g/mol. The fourth-order valence-corrected chi connectivity index (χ4v) is 5.41. The highest BCUT2D eigenvalue weighted by Crippen LogP contribution is 2.39. The molecule has 184 valence electrons. The highest BCUT2D eigenvalue weighted by molar-refractivity contribution is 6.35. The second kappa shape index (κ2) is 11.0. The summed E-state index contributed by atoms with van der Waals surface area (Å²) in [5.74, 6) is -0.265. The number of likely N-dealkylation sites (N-methyl/N-ethyl adjacent to an activating group) is 1. The molecule has 10 heteroatoms. The summed E-state index contributed by atoms with van der Waals surface area (Å²) in [5, 5.41) is 6.74. The summed E-state index contributed by atoms with van der Waals surface area (Å²) in [5.41, 5.74) is 1.78. The van der Waals surface area contributed by atoms with Crippen LogP contribution in [0.15, 0.2) is 29.5 Å². The van der Waals surface area contributed by atoms with E-state index in [0.717, 1.165) is 19.6 Å². The molecular formula is C24H31Cl2N5O3. The number of halogens is 2. The first kappa shape index (κ1) is 24.8. The molecule has 4 amide bonds. The normalized spacial score (nSPS) is 21.1. The summed E-state index contributed by atoms with van der Waals surface area (Å²) in [6, 6.07) is 4.08. The van der Waals surface area contributed by atoms with E-state index in [4.69, 9.17) is 23.2 Å². The monoisotopic (exact) mass is 507 g/mol. The first-order valence-corrected chi connectivity index (χ1v) is 12.7. The zero-order valence-corrected chi connectivity index (χ0v) is 20.9. The molecule has 0 aliphatic carbocycles. The van der Waals surface area contributed by atoms with Crippen LogP contribution in [-0.4, -0.2) is 78.4 Å². The van der Waals surface area contributed by atoms with Gasteiger partial charge >= 0.3 is 6.03 Å². The molecule has 0 saturated carbocycles. The molecule has 1 fully saturated rings. The Morgan fingerprint density at radius 3 is 2.62 bits per heavy atom. The standard InChI is InChI=1S/C24H31Cl2N5O3/c1-2-31-19-15-30(12-8-20(32)27-9-13-29-10-4-3-5-11-29)23(33)21(19)22(28-24(31)34)17-7-6-16(25)14-18(17)26/h6-7,14,22H,2-5,8-13,15H2,1H3,(H,27,32)(H,28,34)/t22-/m0/s1. The number of carbonyl (C=O) groups is 3. The number of piperidine rings is 1. The fraction of sp³-hybridized carbons (Fsp3) is 0.542. The molecule has 0 radical (unpaired) electrons. The van der Waals surface area contributed by atoms with Crippen molar-refractivity contribution in [3.63, 3.8) is 0 Å². The van der Waals surface area contributed by atoms with Crippen LogP contribution in [-0.2, 0) is 9.59 Å². The van der Waals surface area contributed by atoms with Gasteiger partial charge in [0.2, 0.25) is 5.91 Å². The lowest BCUT2D eigenvalue weighted by Gasteiger charge is -2.33. The third-order valence-electron chi connectivity index (χ3n) is 6.69. The second-order valence-corrected chi connectivity index (χ2v) is 9.73.